The number of nitrogens with one attached hydrogen (secondary N) is 1. The van der Waals surface area contributed by atoms with Gasteiger partial charge in [-0.3, -0.25) is 4.79 Å². The molecule has 1 aromatic heterocycles. The first-order valence-electron chi connectivity index (χ1n) is 5.97. The Morgan fingerprint density at radius 2 is 1.78 bits per heavy atom. The summed E-state index contributed by atoms with van der Waals surface area (Å²) in [6.45, 7) is 0. The molecular weight excluding hydrogens is 254 g/mol. The van der Waals surface area contributed by atoms with Gasteiger partial charge in [-0.2, -0.15) is 0 Å². The van der Waals surface area contributed by atoms with Crippen LogP contribution in [-0.2, 0) is 4.79 Å². The Labute approximate surface area is 112 Å². The summed E-state index contributed by atoms with van der Waals surface area (Å²) in [4.78, 5) is 21.9. The summed E-state index contributed by atoms with van der Waals surface area (Å²) >= 11 is 4.82. The first kappa shape index (κ1) is 16.7. The number of carbonyl (C=O) groups excluding carboxylic acids is 1. The Bertz CT molecular complexity index is 333. The van der Waals surface area contributed by atoms with E-state index in [0.29, 0.717) is 12.0 Å². The number of hydrogen-bond acceptors (Lipinski definition) is 3. The fourth-order valence-corrected chi connectivity index (χ4v) is 1.41. The average molecular weight is 274 g/mol. The number of alkyl halides is 1. The van der Waals surface area contributed by atoms with Gasteiger partial charge in [0.2, 0.25) is 5.56 Å². The number of carbonyl (C=O) groups is 1. The number of rotatable bonds is 2. The van der Waals surface area contributed by atoms with Crippen LogP contribution < -0.4 is 10.3 Å². The average Bonchev–Trinajstić information content (AvgIpc) is 2.99. The fourth-order valence-electron chi connectivity index (χ4n) is 1.41. The van der Waals surface area contributed by atoms with Crippen molar-refractivity contribution in [2.75, 3.05) is 13.0 Å². The summed E-state index contributed by atoms with van der Waals surface area (Å²) in [7, 11) is 1.55. The summed E-state index contributed by atoms with van der Waals surface area (Å²) in [6.07, 6.45) is 9.66. The lowest BCUT2D eigenvalue weighted by Gasteiger charge is -1.93. The molecule has 0 saturated heterocycles. The minimum Gasteiger partial charge on any atom is -0.495 e. The molecule has 0 bridgehead atoms. The van der Waals surface area contributed by atoms with E-state index in [9.17, 15) is 4.79 Å². The number of aromatic nitrogens is 1. The number of methoxy groups -OCH3 is 1. The van der Waals surface area contributed by atoms with E-state index in [4.69, 9.17) is 21.1 Å². The molecule has 0 amide bonds. The van der Waals surface area contributed by atoms with Gasteiger partial charge in [0.25, 0.3) is 0 Å². The molecule has 1 fully saturated rings. The van der Waals surface area contributed by atoms with Crippen LogP contribution in [0.5, 0.6) is 5.75 Å². The largest absolute Gasteiger partial charge is 0.495 e. The lowest BCUT2D eigenvalue weighted by atomic mass is 10.4. The Kier molecular flexibility index (Phi) is 11.3. The maximum Gasteiger partial charge on any atom is 0.248 e. The maximum atomic E-state index is 10.4. The molecule has 1 N–H and O–H groups in total. The van der Waals surface area contributed by atoms with Crippen molar-refractivity contribution in [2.24, 2.45) is 0 Å². The molecule has 2 rings (SSSR count). The molecule has 1 aliphatic carbocycles. The molecule has 4 nitrogen and oxygen atoms in total. The lowest BCUT2D eigenvalue weighted by Crippen LogP contribution is -2.01. The number of ether oxygens (including phenoxy) is 1. The third-order valence-electron chi connectivity index (χ3n) is 2.30. The Balaban J connectivity index is 0.000000272. The molecule has 0 radical (unpaired) electrons. The van der Waals surface area contributed by atoms with Gasteiger partial charge in [-0.1, -0.05) is 32.1 Å². The van der Waals surface area contributed by atoms with Crippen LogP contribution in [0.15, 0.2) is 23.1 Å². The number of aldehydes is 1. The van der Waals surface area contributed by atoms with Crippen molar-refractivity contribution >= 4 is 17.9 Å². The van der Waals surface area contributed by atoms with Gasteiger partial charge in [-0.05, 0) is 6.07 Å². The van der Waals surface area contributed by atoms with E-state index < -0.39 is 0 Å². The monoisotopic (exact) mass is 273 g/mol. The van der Waals surface area contributed by atoms with E-state index >= 15 is 0 Å². The van der Waals surface area contributed by atoms with Gasteiger partial charge in [0.05, 0.1) is 13.0 Å². The smallest absolute Gasteiger partial charge is 0.248 e. The second-order valence-corrected chi connectivity index (χ2v) is 3.99. The number of hydrogen-bond donors (Lipinski definition) is 1. The van der Waals surface area contributed by atoms with Crippen LogP contribution in [0.2, 0.25) is 0 Å². The first-order chi connectivity index (χ1) is 8.74. The van der Waals surface area contributed by atoms with Crippen molar-refractivity contribution < 1.29 is 9.53 Å². The van der Waals surface area contributed by atoms with Gasteiger partial charge in [-0.25, -0.2) is 0 Å². The number of aromatic amines is 1. The van der Waals surface area contributed by atoms with E-state index in [0.717, 1.165) is 0 Å². The molecule has 1 aromatic rings. The fraction of sp³-hybridized carbons (Fsp3) is 0.538. The van der Waals surface area contributed by atoms with Crippen LogP contribution in [0.1, 0.15) is 32.1 Å². The van der Waals surface area contributed by atoms with Crippen LogP contribution in [0.25, 0.3) is 0 Å². The Morgan fingerprint density at radius 1 is 1.28 bits per heavy atom. The van der Waals surface area contributed by atoms with Crippen molar-refractivity contribution in [3.8, 4) is 5.75 Å². The highest BCUT2D eigenvalue weighted by atomic mass is 35.5. The van der Waals surface area contributed by atoms with Crippen molar-refractivity contribution in [2.45, 2.75) is 32.1 Å². The number of pyridine rings is 1. The van der Waals surface area contributed by atoms with Crippen molar-refractivity contribution in [3.05, 3.63) is 28.7 Å². The SMILES string of the molecule is C1CCCC1.COc1ccc(=O)[nH]c1.O=CCCl. The molecule has 0 aromatic carbocycles. The highest BCUT2D eigenvalue weighted by Gasteiger charge is 1.95. The van der Waals surface area contributed by atoms with Crippen LogP contribution in [-0.4, -0.2) is 24.3 Å². The van der Waals surface area contributed by atoms with Crippen molar-refractivity contribution in [1.82, 2.24) is 4.98 Å². The van der Waals surface area contributed by atoms with Crippen LogP contribution in [0.4, 0.5) is 0 Å². The Hall–Kier alpha value is -1.29. The second kappa shape index (κ2) is 12.2. The molecule has 0 aliphatic heterocycles. The molecule has 1 aliphatic rings. The molecule has 102 valence electrons. The summed E-state index contributed by atoms with van der Waals surface area (Å²) in [6, 6.07) is 3.03. The number of halogens is 1. The molecule has 1 heterocycles. The predicted molar refractivity (Wildman–Crippen MR) is 73.5 cm³/mol. The van der Waals surface area contributed by atoms with Gasteiger partial charge in [0, 0.05) is 12.3 Å². The van der Waals surface area contributed by atoms with Gasteiger partial charge < -0.3 is 14.5 Å². The topological polar surface area (TPSA) is 59.2 Å². The molecule has 1 saturated carbocycles. The van der Waals surface area contributed by atoms with Crippen molar-refractivity contribution in [3.63, 3.8) is 0 Å². The van der Waals surface area contributed by atoms with Crippen molar-refractivity contribution in [1.29, 1.82) is 0 Å². The maximum absolute atomic E-state index is 10.4. The first-order valence-corrected chi connectivity index (χ1v) is 6.50. The van der Waals surface area contributed by atoms with E-state index in [-0.39, 0.29) is 11.4 Å². The minimum absolute atomic E-state index is 0.111. The Morgan fingerprint density at radius 3 is 2.06 bits per heavy atom. The van der Waals surface area contributed by atoms with Gasteiger partial charge in [-0.15, -0.1) is 11.6 Å². The highest BCUT2D eigenvalue weighted by molar-refractivity contribution is 6.24. The van der Waals surface area contributed by atoms with E-state index in [1.807, 2.05) is 0 Å². The molecular formula is C13H20ClNO3. The van der Waals surface area contributed by atoms with Gasteiger partial charge in [0.1, 0.15) is 12.0 Å². The number of H-pyrrole nitrogens is 1. The zero-order valence-electron chi connectivity index (χ0n) is 10.7. The van der Waals surface area contributed by atoms with Crippen LogP contribution >= 0.6 is 11.6 Å². The summed E-state index contributed by atoms with van der Waals surface area (Å²) in [5, 5.41) is 0. The lowest BCUT2D eigenvalue weighted by molar-refractivity contribution is -0.105. The molecule has 0 spiro atoms. The van der Waals surface area contributed by atoms with E-state index in [1.165, 1.54) is 44.4 Å². The van der Waals surface area contributed by atoms with Gasteiger partial charge in [0.15, 0.2) is 0 Å². The van der Waals surface area contributed by atoms with E-state index in [2.05, 4.69) is 4.98 Å². The van der Waals surface area contributed by atoms with Gasteiger partial charge >= 0.3 is 0 Å². The third kappa shape index (κ3) is 9.90. The van der Waals surface area contributed by atoms with Crippen LogP contribution in [0.3, 0.4) is 0 Å². The van der Waals surface area contributed by atoms with E-state index in [1.54, 1.807) is 13.2 Å². The summed E-state index contributed by atoms with van der Waals surface area (Å²) in [5.74, 6) is 0.773. The van der Waals surface area contributed by atoms with Crippen LogP contribution in [0, 0.1) is 0 Å². The second-order valence-electron chi connectivity index (χ2n) is 3.68. The zero-order valence-corrected chi connectivity index (χ0v) is 11.4. The zero-order chi connectivity index (χ0) is 13.6. The molecule has 18 heavy (non-hydrogen) atoms. The summed E-state index contributed by atoms with van der Waals surface area (Å²) < 4.78 is 4.80. The standard InChI is InChI=1S/C6H7NO2.C5H10.C2H3ClO/c1-9-5-2-3-6(8)7-4-5;1-2-4-5-3-1;3-1-2-4/h2-4H,1H3,(H,7,8);1-5H2;2H,1H2. The highest BCUT2D eigenvalue weighted by Crippen LogP contribution is 2.15. The quantitative estimate of drug-likeness (QED) is 0.666. The summed E-state index contributed by atoms with van der Waals surface area (Å²) in [5.41, 5.74) is -0.115. The normalized spacial score (nSPS) is 12.6. The molecule has 0 atom stereocenters. The predicted octanol–water partition coefficient (Wildman–Crippen LogP) is 2.76. The molecule has 5 heteroatoms. The minimum atomic E-state index is -0.115. The third-order valence-corrected chi connectivity index (χ3v) is 2.43. The molecule has 0 unspecified atom stereocenters.